The van der Waals surface area contributed by atoms with Crippen LogP contribution in [0, 0.1) is 0 Å². The molecule has 1 aromatic carbocycles. The molecule has 1 atom stereocenters. The van der Waals surface area contributed by atoms with Crippen molar-refractivity contribution in [2.24, 2.45) is 0 Å². The van der Waals surface area contributed by atoms with E-state index in [4.69, 9.17) is 0 Å². The van der Waals surface area contributed by atoms with Crippen LogP contribution in [0.15, 0.2) is 30.3 Å². The van der Waals surface area contributed by atoms with Crippen molar-refractivity contribution in [1.29, 1.82) is 0 Å². The Morgan fingerprint density at radius 2 is 1.81 bits per heavy atom. The molecule has 2 N–H and O–H groups in total. The third-order valence-corrected chi connectivity index (χ3v) is 4.34. The van der Waals surface area contributed by atoms with E-state index in [0.29, 0.717) is 12.6 Å². The molecular weight excluding hydrogens is 260 g/mol. The Hall–Kier alpha value is -1.35. The Kier molecular flexibility index (Phi) is 6.74. The van der Waals surface area contributed by atoms with E-state index < -0.39 is 0 Å². The van der Waals surface area contributed by atoms with E-state index in [0.717, 1.165) is 19.3 Å². The summed E-state index contributed by atoms with van der Waals surface area (Å²) >= 11 is 0. The van der Waals surface area contributed by atoms with Gasteiger partial charge in [0.25, 0.3) is 0 Å². The van der Waals surface area contributed by atoms with E-state index in [1.54, 1.807) is 0 Å². The van der Waals surface area contributed by atoms with Crippen LogP contribution in [0.1, 0.15) is 63.5 Å². The van der Waals surface area contributed by atoms with Gasteiger partial charge in [-0.1, -0.05) is 62.9 Å². The smallest absolute Gasteiger partial charge is 0.234 e. The normalized spacial score (nSPS) is 18.0. The van der Waals surface area contributed by atoms with Crippen molar-refractivity contribution in [1.82, 2.24) is 10.6 Å². The van der Waals surface area contributed by atoms with Crippen molar-refractivity contribution < 1.29 is 4.79 Å². The third-order valence-electron chi connectivity index (χ3n) is 4.34. The number of hydrogen-bond donors (Lipinski definition) is 2. The van der Waals surface area contributed by atoms with Crippen LogP contribution in [0.3, 0.4) is 0 Å². The minimum Gasteiger partial charge on any atom is -0.352 e. The van der Waals surface area contributed by atoms with Crippen LogP contribution in [0.25, 0.3) is 0 Å². The molecule has 0 heterocycles. The molecule has 1 aliphatic carbocycles. The maximum Gasteiger partial charge on any atom is 0.234 e. The Morgan fingerprint density at radius 3 is 2.43 bits per heavy atom. The fraction of sp³-hybridized carbons (Fsp3) is 0.611. The molecule has 0 radical (unpaired) electrons. The molecule has 1 aliphatic rings. The largest absolute Gasteiger partial charge is 0.352 e. The summed E-state index contributed by atoms with van der Waals surface area (Å²) in [6.07, 6.45) is 8.40. The van der Waals surface area contributed by atoms with Gasteiger partial charge in [0.2, 0.25) is 5.91 Å². The summed E-state index contributed by atoms with van der Waals surface area (Å²) < 4.78 is 0. The topological polar surface area (TPSA) is 41.1 Å². The van der Waals surface area contributed by atoms with Gasteiger partial charge in [0, 0.05) is 12.1 Å². The van der Waals surface area contributed by atoms with Gasteiger partial charge in [-0.05, 0) is 24.8 Å². The van der Waals surface area contributed by atoms with Gasteiger partial charge in [0.1, 0.15) is 0 Å². The van der Waals surface area contributed by atoms with Gasteiger partial charge in [0.05, 0.1) is 6.54 Å². The van der Waals surface area contributed by atoms with Crippen LogP contribution in [-0.4, -0.2) is 18.5 Å². The van der Waals surface area contributed by atoms with E-state index in [2.05, 4.69) is 29.7 Å². The molecule has 0 aromatic heterocycles. The molecular formula is C18H28N2O. The molecule has 1 aromatic rings. The highest BCUT2D eigenvalue weighted by atomic mass is 16.1. The minimum atomic E-state index is 0.135. The number of amides is 1. The highest BCUT2D eigenvalue weighted by Crippen LogP contribution is 2.17. The second-order valence-corrected chi connectivity index (χ2v) is 6.01. The number of nitrogens with one attached hydrogen (secondary N) is 2. The average Bonchev–Trinajstić information content (AvgIpc) is 2.77. The van der Waals surface area contributed by atoms with Crippen molar-refractivity contribution in [2.45, 2.75) is 64.0 Å². The van der Waals surface area contributed by atoms with E-state index in [1.165, 1.54) is 31.2 Å². The van der Waals surface area contributed by atoms with Gasteiger partial charge in [-0.3, -0.25) is 4.79 Å². The summed E-state index contributed by atoms with van der Waals surface area (Å²) in [5, 5.41) is 6.57. The number of rotatable bonds is 6. The quantitative estimate of drug-likeness (QED) is 0.786. The molecule has 1 saturated carbocycles. The monoisotopic (exact) mass is 288 g/mol. The predicted molar refractivity (Wildman–Crippen MR) is 87.1 cm³/mol. The Bertz CT molecular complexity index is 410. The summed E-state index contributed by atoms with van der Waals surface area (Å²) in [5.74, 6) is 0.135. The lowest BCUT2D eigenvalue weighted by molar-refractivity contribution is -0.121. The number of carbonyl (C=O) groups excluding carboxylic acids is 1. The molecule has 0 aliphatic heterocycles. The van der Waals surface area contributed by atoms with Gasteiger partial charge in [-0.2, -0.15) is 0 Å². The van der Waals surface area contributed by atoms with Crippen molar-refractivity contribution in [2.75, 3.05) is 6.54 Å². The molecule has 116 valence electrons. The molecule has 3 heteroatoms. The highest BCUT2D eigenvalue weighted by molar-refractivity contribution is 5.78. The zero-order valence-corrected chi connectivity index (χ0v) is 13.1. The maximum absolute atomic E-state index is 12.1. The van der Waals surface area contributed by atoms with E-state index in [1.807, 2.05) is 18.2 Å². The molecule has 1 unspecified atom stereocenters. The molecule has 1 fully saturated rings. The molecule has 0 bridgehead atoms. The zero-order chi connectivity index (χ0) is 14.9. The van der Waals surface area contributed by atoms with Gasteiger partial charge in [-0.15, -0.1) is 0 Å². The van der Waals surface area contributed by atoms with Crippen molar-refractivity contribution >= 4 is 5.91 Å². The Labute approximate surface area is 128 Å². The SMILES string of the molecule is CCC(NCC(=O)NC1CCCCCC1)c1ccccc1. The van der Waals surface area contributed by atoms with Crippen molar-refractivity contribution in [3.05, 3.63) is 35.9 Å². The number of hydrogen-bond acceptors (Lipinski definition) is 2. The molecule has 3 nitrogen and oxygen atoms in total. The van der Waals surface area contributed by atoms with Gasteiger partial charge >= 0.3 is 0 Å². The summed E-state index contributed by atoms with van der Waals surface area (Å²) in [5.41, 5.74) is 1.25. The van der Waals surface area contributed by atoms with Crippen molar-refractivity contribution in [3.63, 3.8) is 0 Å². The second-order valence-electron chi connectivity index (χ2n) is 6.01. The lowest BCUT2D eigenvalue weighted by Gasteiger charge is -2.20. The van der Waals surface area contributed by atoms with Gasteiger partial charge in [-0.25, -0.2) is 0 Å². The summed E-state index contributed by atoms with van der Waals surface area (Å²) in [7, 11) is 0. The Morgan fingerprint density at radius 1 is 1.14 bits per heavy atom. The zero-order valence-electron chi connectivity index (χ0n) is 13.1. The molecule has 21 heavy (non-hydrogen) atoms. The van der Waals surface area contributed by atoms with Gasteiger partial charge in [0.15, 0.2) is 0 Å². The van der Waals surface area contributed by atoms with Crippen LogP contribution >= 0.6 is 0 Å². The lowest BCUT2D eigenvalue weighted by Crippen LogP contribution is -2.41. The summed E-state index contributed by atoms with van der Waals surface area (Å²) in [4.78, 5) is 12.1. The lowest BCUT2D eigenvalue weighted by atomic mass is 10.0. The third kappa shape index (κ3) is 5.50. The minimum absolute atomic E-state index is 0.135. The van der Waals surface area contributed by atoms with E-state index in [-0.39, 0.29) is 11.9 Å². The predicted octanol–water partition coefficient (Wildman–Crippen LogP) is 3.57. The first-order valence-corrected chi connectivity index (χ1v) is 8.37. The first-order chi connectivity index (χ1) is 10.3. The Balaban J connectivity index is 1.76. The molecule has 2 rings (SSSR count). The van der Waals surface area contributed by atoms with Crippen molar-refractivity contribution in [3.8, 4) is 0 Å². The van der Waals surface area contributed by atoms with Crippen LogP contribution in [0.5, 0.6) is 0 Å². The summed E-state index contributed by atoms with van der Waals surface area (Å²) in [6, 6.07) is 11.0. The fourth-order valence-corrected chi connectivity index (χ4v) is 3.10. The van der Waals surface area contributed by atoms with Crippen LogP contribution in [-0.2, 0) is 4.79 Å². The fourth-order valence-electron chi connectivity index (χ4n) is 3.10. The van der Waals surface area contributed by atoms with Gasteiger partial charge < -0.3 is 10.6 Å². The van der Waals surface area contributed by atoms with E-state index >= 15 is 0 Å². The van der Waals surface area contributed by atoms with E-state index in [9.17, 15) is 4.79 Å². The molecule has 1 amide bonds. The second kappa shape index (κ2) is 8.83. The average molecular weight is 288 g/mol. The standard InChI is InChI=1S/C18H28N2O/c1-2-17(15-10-6-5-7-11-15)19-14-18(21)20-16-12-8-3-4-9-13-16/h5-7,10-11,16-17,19H,2-4,8-9,12-14H2,1H3,(H,20,21). The molecule has 0 saturated heterocycles. The first-order valence-electron chi connectivity index (χ1n) is 8.37. The van der Waals surface area contributed by atoms with Crippen LogP contribution in [0.4, 0.5) is 0 Å². The highest BCUT2D eigenvalue weighted by Gasteiger charge is 2.15. The first kappa shape index (κ1) is 16.0. The number of carbonyl (C=O) groups is 1. The summed E-state index contributed by atoms with van der Waals surface area (Å²) in [6.45, 7) is 2.55. The van der Waals surface area contributed by atoms with Crippen LogP contribution < -0.4 is 10.6 Å². The maximum atomic E-state index is 12.1. The molecule has 0 spiro atoms. The number of benzene rings is 1. The van der Waals surface area contributed by atoms with Crippen LogP contribution in [0.2, 0.25) is 0 Å².